The second-order valence-electron chi connectivity index (χ2n) is 7.04. The first-order chi connectivity index (χ1) is 12.8. The summed E-state index contributed by atoms with van der Waals surface area (Å²) in [6, 6.07) is 0.00738. The molecule has 0 spiro atoms. The molecule has 8 nitrogen and oxygen atoms in total. The first kappa shape index (κ1) is 19.3. The average molecular weight is 390 g/mol. The lowest BCUT2D eigenvalue weighted by Crippen LogP contribution is -2.53. The minimum absolute atomic E-state index is 0.00738. The molecular formula is C18H27N7OS. The van der Waals surface area contributed by atoms with Gasteiger partial charge >= 0.3 is 0 Å². The number of nitrogens with one attached hydrogen (secondary N) is 1. The van der Waals surface area contributed by atoms with Crippen molar-refractivity contribution in [2.45, 2.75) is 26.8 Å². The van der Waals surface area contributed by atoms with Crippen molar-refractivity contribution in [1.82, 2.24) is 29.5 Å². The molecule has 0 bridgehead atoms. The Morgan fingerprint density at radius 2 is 2.00 bits per heavy atom. The van der Waals surface area contributed by atoms with Crippen LogP contribution in [0, 0.1) is 6.92 Å². The van der Waals surface area contributed by atoms with Crippen LogP contribution in [0.5, 0.6) is 0 Å². The topological polar surface area (TPSA) is 71.2 Å². The number of piperazine rings is 1. The molecule has 3 heterocycles. The fourth-order valence-electron chi connectivity index (χ4n) is 3.45. The molecule has 0 saturated carbocycles. The van der Waals surface area contributed by atoms with Crippen LogP contribution in [0.25, 0.3) is 11.0 Å². The molecule has 0 unspecified atom stereocenters. The number of aromatic nitrogens is 4. The Balaban J connectivity index is 1.92. The lowest BCUT2D eigenvalue weighted by atomic mass is 10.3. The maximum absolute atomic E-state index is 13.1. The first-order valence-electron chi connectivity index (χ1n) is 9.19. The van der Waals surface area contributed by atoms with Crippen LogP contribution in [-0.4, -0.2) is 62.1 Å². The van der Waals surface area contributed by atoms with Crippen molar-refractivity contribution in [3.8, 4) is 0 Å². The summed E-state index contributed by atoms with van der Waals surface area (Å²) in [5.74, 6) is 0.711. The highest BCUT2D eigenvalue weighted by Crippen LogP contribution is 2.21. The van der Waals surface area contributed by atoms with Crippen LogP contribution in [0.3, 0.4) is 0 Å². The lowest BCUT2D eigenvalue weighted by Gasteiger charge is -2.37. The van der Waals surface area contributed by atoms with E-state index >= 15 is 0 Å². The second-order valence-corrected chi connectivity index (χ2v) is 7.42. The molecule has 0 aromatic carbocycles. The van der Waals surface area contributed by atoms with Gasteiger partial charge < -0.3 is 15.1 Å². The number of hydrogen-bond acceptors (Lipinski definition) is 5. The largest absolute Gasteiger partial charge is 0.359 e. The van der Waals surface area contributed by atoms with Gasteiger partial charge in [-0.25, -0.2) is 4.98 Å². The van der Waals surface area contributed by atoms with Crippen LogP contribution in [-0.2, 0) is 7.05 Å². The summed E-state index contributed by atoms with van der Waals surface area (Å²) in [6.45, 7) is 13.3. The molecule has 1 aliphatic rings. The Labute approximate surface area is 164 Å². The monoisotopic (exact) mass is 389 g/mol. The Kier molecular flexibility index (Phi) is 5.50. The summed E-state index contributed by atoms with van der Waals surface area (Å²) in [5.41, 5.74) is 1.97. The molecule has 1 saturated heterocycles. The van der Waals surface area contributed by atoms with E-state index in [4.69, 9.17) is 17.2 Å². The van der Waals surface area contributed by atoms with Crippen molar-refractivity contribution in [2.75, 3.05) is 37.6 Å². The third-order valence-corrected chi connectivity index (χ3v) is 5.21. The van der Waals surface area contributed by atoms with Gasteiger partial charge in [-0.1, -0.05) is 6.08 Å². The summed E-state index contributed by atoms with van der Waals surface area (Å²) >= 11 is 5.43. The summed E-state index contributed by atoms with van der Waals surface area (Å²) in [4.78, 5) is 22.3. The molecule has 0 aliphatic carbocycles. The van der Waals surface area contributed by atoms with Gasteiger partial charge in [0.1, 0.15) is 5.52 Å². The highest BCUT2D eigenvalue weighted by Gasteiger charge is 2.25. The number of thiocarbonyl (C=S) groups is 1. The van der Waals surface area contributed by atoms with Gasteiger partial charge in [0.2, 0.25) is 5.95 Å². The summed E-state index contributed by atoms with van der Waals surface area (Å²) in [6.07, 6.45) is 1.79. The Morgan fingerprint density at radius 3 is 2.59 bits per heavy atom. The van der Waals surface area contributed by atoms with Crippen LogP contribution in [0.15, 0.2) is 17.4 Å². The van der Waals surface area contributed by atoms with Gasteiger partial charge in [0.25, 0.3) is 5.56 Å². The minimum atomic E-state index is -0.0429. The van der Waals surface area contributed by atoms with Gasteiger partial charge in [-0.3, -0.25) is 14.0 Å². The molecule has 3 rings (SSSR count). The van der Waals surface area contributed by atoms with Gasteiger partial charge in [-0.2, -0.15) is 5.10 Å². The lowest BCUT2D eigenvalue weighted by molar-refractivity contribution is 0.374. The number of hydrogen-bond donors (Lipinski definition) is 1. The van der Waals surface area contributed by atoms with Crippen molar-refractivity contribution >= 4 is 34.3 Å². The normalized spacial score (nSPS) is 14.9. The molecule has 9 heteroatoms. The van der Waals surface area contributed by atoms with E-state index in [1.807, 2.05) is 20.8 Å². The molecule has 1 fully saturated rings. The number of rotatable bonds is 4. The van der Waals surface area contributed by atoms with E-state index in [1.54, 1.807) is 22.4 Å². The van der Waals surface area contributed by atoms with Crippen molar-refractivity contribution < 1.29 is 0 Å². The van der Waals surface area contributed by atoms with E-state index in [0.29, 0.717) is 23.5 Å². The van der Waals surface area contributed by atoms with Crippen LogP contribution in [0.1, 0.15) is 25.6 Å². The highest BCUT2D eigenvalue weighted by molar-refractivity contribution is 7.80. The Morgan fingerprint density at radius 1 is 1.33 bits per heavy atom. The summed E-state index contributed by atoms with van der Waals surface area (Å²) in [5, 5.41) is 8.29. The fourth-order valence-corrected chi connectivity index (χ4v) is 3.71. The second kappa shape index (κ2) is 7.67. The van der Waals surface area contributed by atoms with Gasteiger partial charge in [0.05, 0.1) is 5.69 Å². The van der Waals surface area contributed by atoms with E-state index in [0.717, 1.165) is 37.0 Å². The first-order valence-corrected chi connectivity index (χ1v) is 9.60. The van der Waals surface area contributed by atoms with Crippen LogP contribution >= 0.6 is 12.2 Å². The van der Waals surface area contributed by atoms with E-state index in [9.17, 15) is 4.79 Å². The quantitative estimate of drug-likeness (QED) is 0.622. The van der Waals surface area contributed by atoms with Crippen LogP contribution in [0.4, 0.5) is 5.95 Å². The smallest absolute Gasteiger partial charge is 0.281 e. The third-order valence-electron chi connectivity index (χ3n) is 4.80. The minimum Gasteiger partial charge on any atom is -0.359 e. The van der Waals surface area contributed by atoms with E-state index in [1.165, 1.54) is 0 Å². The van der Waals surface area contributed by atoms with Crippen molar-refractivity contribution in [2.24, 2.45) is 7.05 Å². The molecule has 1 aliphatic heterocycles. The van der Waals surface area contributed by atoms with Crippen molar-refractivity contribution in [3.63, 3.8) is 0 Å². The number of fused-ring (bicyclic) bond motifs is 1. The Bertz CT molecular complexity index is 922. The molecular weight excluding hydrogens is 362 g/mol. The molecule has 2 aromatic heterocycles. The molecule has 1 N–H and O–H groups in total. The molecule has 2 aromatic rings. The molecule has 0 radical (unpaired) electrons. The molecule has 27 heavy (non-hydrogen) atoms. The van der Waals surface area contributed by atoms with E-state index in [2.05, 4.69) is 26.8 Å². The summed E-state index contributed by atoms with van der Waals surface area (Å²) in [7, 11) is 1.79. The predicted octanol–water partition coefficient (Wildman–Crippen LogP) is 1.20. The van der Waals surface area contributed by atoms with Gasteiger partial charge in [0, 0.05) is 45.8 Å². The van der Waals surface area contributed by atoms with Crippen LogP contribution in [0.2, 0.25) is 0 Å². The van der Waals surface area contributed by atoms with Crippen molar-refractivity contribution in [3.05, 3.63) is 28.7 Å². The molecule has 0 amide bonds. The Hall–Kier alpha value is -2.42. The maximum atomic E-state index is 13.1. The van der Waals surface area contributed by atoms with Gasteiger partial charge in [-0.15, -0.1) is 6.58 Å². The van der Waals surface area contributed by atoms with Gasteiger partial charge in [0.15, 0.2) is 10.6 Å². The number of aryl methyl sites for hydroxylation is 2. The molecule has 146 valence electrons. The fraction of sp³-hybridized carbons (Fsp3) is 0.556. The average Bonchev–Trinajstić information content (AvgIpc) is 2.93. The summed E-state index contributed by atoms with van der Waals surface area (Å²) < 4.78 is 3.40. The van der Waals surface area contributed by atoms with E-state index < -0.39 is 0 Å². The SMILES string of the molecule is C=CCNC(=S)N1CCN(c2nc3c(C)nn(C)c3c(=O)n2C(C)C)CC1. The zero-order chi connectivity index (χ0) is 19.7. The highest BCUT2D eigenvalue weighted by atomic mass is 32.1. The van der Waals surface area contributed by atoms with Crippen molar-refractivity contribution in [1.29, 1.82) is 0 Å². The van der Waals surface area contributed by atoms with Gasteiger partial charge in [-0.05, 0) is 33.0 Å². The molecule has 0 atom stereocenters. The predicted molar refractivity (Wildman–Crippen MR) is 112 cm³/mol. The number of anilines is 1. The zero-order valence-electron chi connectivity index (χ0n) is 16.4. The number of nitrogens with zero attached hydrogens (tertiary/aromatic N) is 6. The zero-order valence-corrected chi connectivity index (χ0v) is 17.2. The van der Waals surface area contributed by atoms with E-state index in [-0.39, 0.29) is 11.6 Å². The maximum Gasteiger partial charge on any atom is 0.281 e. The third kappa shape index (κ3) is 3.55. The van der Waals surface area contributed by atoms with Crippen LogP contribution < -0.4 is 15.8 Å². The standard InChI is InChI=1S/C18H27N7OS/c1-6-7-19-18(27)24-10-8-23(9-11-24)17-20-14-13(4)21-22(5)15(14)16(26)25(17)12(2)3/h6,12H,1,7-11H2,2-5H3,(H,19,27).